The maximum atomic E-state index is 12.2. The van der Waals surface area contributed by atoms with Gasteiger partial charge >= 0.3 is 0 Å². The van der Waals surface area contributed by atoms with Gasteiger partial charge in [-0.2, -0.15) is 0 Å². The van der Waals surface area contributed by atoms with Crippen molar-refractivity contribution in [3.63, 3.8) is 0 Å². The normalized spacial score (nSPS) is 12.2. The summed E-state index contributed by atoms with van der Waals surface area (Å²) in [5.74, 6) is 0.135. The van der Waals surface area contributed by atoms with E-state index in [9.17, 15) is 4.79 Å². The van der Waals surface area contributed by atoms with E-state index in [0.717, 1.165) is 24.3 Å². The molecule has 1 atom stereocenters. The van der Waals surface area contributed by atoms with E-state index in [2.05, 4.69) is 29.4 Å². The zero-order valence-corrected chi connectivity index (χ0v) is 15.4. The Hall–Kier alpha value is -1.17. The van der Waals surface area contributed by atoms with Gasteiger partial charge in [-0.05, 0) is 31.0 Å². The zero-order valence-electron chi connectivity index (χ0n) is 13.1. The van der Waals surface area contributed by atoms with E-state index >= 15 is 0 Å². The molecule has 1 N–H and O–H groups in total. The van der Waals surface area contributed by atoms with E-state index < -0.39 is 0 Å². The molecule has 0 saturated heterocycles. The summed E-state index contributed by atoms with van der Waals surface area (Å²) in [4.78, 5) is 12.2. The first-order valence-electron chi connectivity index (χ1n) is 7.64. The minimum atomic E-state index is -0.270. The third kappa shape index (κ3) is 4.90. The number of aromatic nitrogens is 2. The molecule has 7 heteroatoms. The van der Waals surface area contributed by atoms with Crippen LogP contribution in [0, 0.1) is 0 Å². The lowest BCUT2D eigenvalue weighted by molar-refractivity contribution is 0.102. The Morgan fingerprint density at radius 3 is 2.70 bits per heavy atom. The summed E-state index contributed by atoms with van der Waals surface area (Å²) in [6, 6.07) is 4.76. The van der Waals surface area contributed by atoms with Crippen molar-refractivity contribution in [2.24, 2.45) is 0 Å². The fourth-order valence-electron chi connectivity index (χ4n) is 2.21. The van der Waals surface area contributed by atoms with Crippen LogP contribution in [0.25, 0.3) is 0 Å². The van der Waals surface area contributed by atoms with Crippen LogP contribution in [0.5, 0.6) is 0 Å². The standard InChI is InChI=1S/C16H19Cl2N3OS/c1-3-5-6-10(4-2)15-20-21-16(23-15)19-14(22)11-7-8-12(17)13(18)9-11/h7-10H,3-6H2,1-2H3,(H,19,21,22)/t10-/m0/s1. The Labute approximate surface area is 150 Å². The molecule has 0 aliphatic heterocycles. The average Bonchev–Trinajstić information content (AvgIpc) is 2.99. The Morgan fingerprint density at radius 1 is 1.26 bits per heavy atom. The number of nitrogens with one attached hydrogen (secondary N) is 1. The van der Waals surface area contributed by atoms with Crippen molar-refractivity contribution in [2.45, 2.75) is 45.4 Å². The Morgan fingerprint density at radius 2 is 2.04 bits per heavy atom. The third-order valence-corrected chi connectivity index (χ3v) is 5.33. The van der Waals surface area contributed by atoms with Crippen molar-refractivity contribution in [1.82, 2.24) is 10.2 Å². The molecule has 1 heterocycles. The number of hydrogen-bond donors (Lipinski definition) is 1. The largest absolute Gasteiger partial charge is 0.296 e. The zero-order chi connectivity index (χ0) is 16.8. The molecule has 2 rings (SSSR count). The fourth-order valence-corrected chi connectivity index (χ4v) is 3.46. The first-order chi connectivity index (χ1) is 11.0. The smallest absolute Gasteiger partial charge is 0.257 e. The molecule has 1 aromatic heterocycles. The number of rotatable bonds is 7. The fraction of sp³-hybridized carbons (Fsp3) is 0.438. The van der Waals surface area contributed by atoms with Crippen LogP contribution < -0.4 is 5.32 Å². The van der Waals surface area contributed by atoms with Gasteiger partial charge < -0.3 is 0 Å². The van der Waals surface area contributed by atoms with E-state index in [0.29, 0.717) is 26.7 Å². The maximum Gasteiger partial charge on any atom is 0.257 e. The summed E-state index contributed by atoms with van der Waals surface area (Å²) in [6.45, 7) is 4.32. The lowest BCUT2D eigenvalue weighted by Crippen LogP contribution is -2.11. The Balaban J connectivity index is 2.05. The molecule has 23 heavy (non-hydrogen) atoms. The molecule has 2 aromatic rings. The van der Waals surface area contributed by atoms with E-state index in [4.69, 9.17) is 23.2 Å². The number of hydrogen-bond acceptors (Lipinski definition) is 4. The van der Waals surface area contributed by atoms with Crippen LogP contribution >= 0.6 is 34.5 Å². The lowest BCUT2D eigenvalue weighted by atomic mass is 10.0. The van der Waals surface area contributed by atoms with Gasteiger partial charge in [0.1, 0.15) is 5.01 Å². The molecule has 124 valence electrons. The second-order valence-corrected chi connectivity index (χ2v) is 7.10. The van der Waals surface area contributed by atoms with Crippen molar-refractivity contribution in [1.29, 1.82) is 0 Å². The van der Waals surface area contributed by atoms with Crippen LogP contribution in [0.15, 0.2) is 18.2 Å². The van der Waals surface area contributed by atoms with Gasteiger partial charge in [0.05, 0.1) is 10.0 Å². The number of unbranched alkanes of at least 4 members (excludes halogenated alkanes) is 1. The Kier molecular flexibility index (Phi) is 6.81. The monoisotopic (exact) mass is 371 g/mol. The van der Waals surface area contributed by atoms with Gasteiger partial charge in [0.2, 0.25) is 5.13 Å². The van der Waals surface area contributed by atoms with Crippen molar-refractivity contribution in [2.75, 3.05) is 5.32 Å². The molecule has 0 aliphatic rings. The second-order valence-electron chi connectivity index (χ2n) is 5.28. The van der Waals surface area contributed by atoms with Crippen molar-refractivity contribution in [3.8, 4) is 0 Å². The molecule has 4 nitrogen and oxygen atoms in total. The number of amides is 1. The third-order valence-electron chi connectivity index (χ3n) is 3.59. The van der Waals surface area contributed by atoms with Crippen molar-refractivity contribution >= 4 is 45.6 Å². The summed E-state index contributed by atoms with van der Waals surface area (Å²) in [5.41, 5.74) is 0.439. The number of carbonyl (C=O) groups is 1. The molecule has 0 bridgehead atoms. The first-order valence-corrected chi connectivity index (χ1v) is 9.22. The lowest BCUT2D eigenvalue weighted by Gasteiger charge is -2.09. The first kappa shape index (κ1) is 18.2. The molecule has 1 amide bonds. The van der Waals surface area contributed by atoms with Gasteiger partial charge in [-0.3, -0.25) is 10.1 Å². The number of halogens is 2. The maximum absolute atomic E-state index is 12.2. The molecule has 0 spiro atoms. The highest BCUT2D eigenvalue weighted by atomic mass is 35.5. The highest BCUT2D eigenvalue weighted by Crippen LogP contribution is 2.30. The predicted octanol–water partition coefficient (Wildman–Crippen LogP) is 5.78. The molecule has 0 fully saturated rings. The van der Waals surface area contributed by atoms with E-state index in [1.54, 1.807) is 12.1 Å². The number of anilines is 1. The van der Waals surface area contributed by atoms with E-state index in [1.165, 1.54) is 23.8 Å². The minimum absolute atomic E-state index is 0.270. The summed E-state index contributed by atoms with van der Waals surface area (Å²) >= 11 is 13.2. The van der Waals surface area contributed by atoms with Gasteiger partial charge in [0.15, 0.2) is 0 Å². The van der Waals surface area contributed by atoms with Crippen LogP contribution in [-0.2, 0) is 0 Å². The van der Waals surface area contributed by atoms with Gasteiger partial charge in [-0.25, -0.2) is 0 Å². The van der Waals surface area contributed by atoms with Gasteiger partial charge in [0.25, 0.3) is 5.91 Å². The highest BCUT2D eigenvalue weighted by Gasteiger charge is 2.16. The van der Waals surface area contributed by atoms with Crippen LogP contribution in [-0.4, -0.2) is 16.1 Å². The van der Waals surface area contributed by atoms with Crippen molar-refractivity contribution < 1.29 is 4.79 Å². The second kappa shape index (κ2) is 8.62. The van der Waals surface area contributed by atoms with E-state index in [-0.39, 0.29) is 5.91 Å². The number of benzene rings is 1. The minimum Gasteiger partial charge on any atom is -0.296 e. The summed E-state index contributed by atoms with van der Waals surface area (Å²) in [6.07, 6.45) is 4.46. The number of nitrogens with zero attached hydrogens (tertiary/aromatic N) is 2. The Bertz CT molecular complexity index is 675. The molecule has 0 aliphatic carbocycles. The van der Waals surface area contributed by atoms with Crippen LogP contribution in [0.1, 0.15) is 60.8 Å². The van der Waals surface area contributed by atoms with Gasteiger partial charge in [0, 0.05) is 11.5 Å². The molecule has 0 unspecified atom stereocenters. The SMILES string of the molecule is CCCC[C@H](CC)c1nnc(NC(=O)c2ccc(Cl)c(Cl)c2)s1. The average molecular weight is 372 g/mol. The summed E-state index contributed by atoms with van der Waals surface area (Å²) < 4.78 is 0. The van der Waals surface area contributed by atoms with Crippen LogP contribution in [0.2, 0.25) is 10.0 Å². The van der Waals surface area contributed by atoms with Gasteiger partial charge in [-0.15, -0.1) is 10.2 Å². The molecular formula is C16H19Cl2N3OS. The quantitative estimate of drug-likeness (QED) is 0.670. The summed E-state index contributed by atoms with van der Waals surface area (Å²) in [7, 11) is 0. The number of carbonyl (C=O) groups excluding carboxylic acids is 1. The predicted molar refractivity (Wildman–Crippen MR) is 96.9 cm³/mol. The molecule has 1 aromatic carbocycles. The van der Waals surface area contributed by atoms with E-state index in [1.807, 2.05) is 0 Å². The highest BCUT2D eigenvalue weighted by molar-refractivity contribution is 7.15. The van der Waals surface area contributed by atoms with Gasteiger partial charge in [-0.1, -0.05) is 61.2 Å². The molecular weight excluding hydrogens is 353 g/mol. The molecule has 0 radical (unpaired) electrons. The van der Waals surface area contributed by atoms with Crippen molar-refractivity contribution in [3.05, 3.63) is 38.8 Å². The van der Waals surface area contributed by atoms with Crippen LogP contribution in [0.4, 0.5) is 5.13 Å². The van der Waals surface area contributed by atoms with Crippen LogP contribution in [0.3, 0.4) is 0 Å². The summed E-state index contributed by atoms with van der Waals surface area (Å²) in [5, 5.41) is 13.3. The molecule has 0 saturated carbocycles. The topological polar surface area (TPSA) is 54.9 Å².